The number of nitriles is 1. The van der Waals surface area contributed by atoms with Gasteiger partial charge in [-0.05, 0) is 41.9 Å². The van der Waals surface area contributed by atoms with Crippen molar-refractivity contribution in [3.8, 4) is 6.07 Å². The molecule has 0 aromatic heterocycles. The molecule has 1 rings (SSSR count). The summed E-state index contributed by atoms with van der Waals surface area (Å²) in [6, 6.07) is 9.94. The van der Waals surface area contributed by atoms with Gasteiger partial charge in [0.1, 0.15) is 5.54 Å². The van der Waals surface area contributed by atoms with E-state index >= 15 is 0 Å². The summed E-state index contributed by atoms with van der Waals surface area (Å²) in [5.41, 5.74) is 0.186. The minimum absolute atomic E-state index is 0.362. The minimum atomic E-state index is -0.708. The largest absolute Gasteiger partial charge is 0.378 e. The van der Waals surface area contributed by atoms with Gasteiger partial charge in [0.25, 0.3) is 0 Å². The fraction of sp³-hybridized carbons (Fsp3) is 0.417. The molecule has 3 nitrogen and oxygen atoms in total. The molecule has 0 aliphatic rings. The van der Waals surface area contributed by atoms with E-state index in [0.717, 1.165) is 10.2 Å². The Morgan fingerprint density at radius 3 is 2.75 bits per heavy atom. The van der Waals surface area contributed by atoms with E-state index in [4.69, 9.17) is 10.00 Å². The summed E-state index contributed by atoms with van der Waals surface area (Å²) in [6.07, 6.45) is 0. The highest BCUT2D eigenvalue weighted by molar-refractivity contribution is 9.10. The highest BCUT2D eigenvalue weighted by Gasteiger charge is 2.24. The third-order valence-electron chi connectivity index (χ3n) is 2.13. The third-order valence-corrected chi connectivity index (χ3v) is 2.82. The van der Waals surface area contributed by atoms with Gasteiger partial charge >= 0.3 is 0 Å². The molecule has 0 amide bonds. The second kappa shape index (κ2) is 5.88. The average Bonchev–Trinajstić information content (AvgIpc) is 2.30. The molecule has 86 valence electrons. The summed E-state index contributed by atoms with van der Waals surface area (Å²) >= 11 is 3.43. The zero-order chi connectivity index (χ0) is 12.0. The maximum atomic E-state index is 9.16. The van der Waals surface area contributed by atoms with Crippen molar-refractivity contribution < 1.29 is 4.74 Å². The molecular weight excluding hydrogens is 268 g/mol. The number of hydrogen-bond acceptors (Lipinski definition) is 3. The summed E-state index contributed by atoms with van der Waals surface area (Å²) in [6.45, 7) is 4.70. The van der Waals surface area contributed by atoms with Gasteiger partial charge in [0.2, 0.25) is 0 Å². The molecule has 0 saturated heterocycles. The topological polar surface area (TPSA) is 45.0 Å². The second-order valence-corrected chi connectivity index (χ2v) is 4.54. The van der Waals surface area contributed by atoms with E-state index in [1.165, 1.54) is 0 Å². The van der Waals surface area contributed by atoms with E-state index < -0.39 is 5.54 Å². The molecule has 1 aromatic rings. The van der Waals surface area contributed by atoms with Crippen molar-refractivity contribution in [3.05, 3.63) is 28.7 Å². The highest BCUT2D eigenvalue weighted by atomic mass is 79.9. The molecule has 0 spiro atoms. The van der Waals surface area contributed by atoms with E-state index in [-0.39, 0.29) is 0 Å². The summed E-state index contributed by atoms with van der Waals surface area (Å²) < 4.78 is 6.24. The fourth-order valence-corrected chi connectivity index (χ4v) is 1.65. The molecule has 0 radical (unpaired) electrons. The van der Waals surface area contributed by atoms with Crippen LogP contribution in [0.4, 0.5) is 5.69 Å². The van der Waals surface area contributed by atoms with Crippen LogP contribution in [0.1, 0.15) is 13.8 Å². The van der Waals surface area contributed by atoms with Crippen LogP contribution in [0.15, 0.2) is 28.7 Å². The van der Waals surface area contributed by atoms with Crippen molar-refractivity contribution in [1.82, 2.24) is 0 Å². The third kappa shape index (κ3) is 3.51. The van der Waals surface area contributed by atoms with E-state index in [0.29, 0.717) is 13.2 Å². The Kier molecular flexibility index (Phi) is 4.78. The van der Waals surface area contributed by atoms with Gasteiger partial charge in [0.15, 0.2) is 0 Å². The van der Waals surface area contributed by atoms with E-state index in [9.17, 15) is 0 Å². The maximum absolute atomic E-state index is 9.16. The lowest BCUT2D eigenvalue weighted by molar-refractivity contribution is 0.125. The molecular formula is C12H15BrN2O. The van der Waals surface area contributed by atoms with Crippen LogP contribution in [0, 0.1) is 11.3 Å². The molecule has 0 aliphatic carbocycles. The number of nitrogens with zero attached hydrogens (tertiary/aromatic N) is 1. The van der Waals surface area contributed by atoms with Crippen LogP contribution < -0.4 is 5.32 Å². The first kappa shape index (κ1) is 13.0. The van der Waals surface area contributed by atoms with Crippen LogP contribution in [-0.2, 0) is 4.74 Å². The van der Waals surface area contributed by atoms with Crippen LogP contribution in [-0.4, -0.2) is 18.8 Å². The van der Waals surface area contributed by atoms with Gasteiger partial charge in [-0.3, -0.25) is 0 Å². The lowest BCUT2D eigenvalue weighted by atomic mass is 10.1. The average molecular weight is 283 g/mol. The number of para-hydroxylation sites is 1. The number of nitrogens with one attached hydrogen (secondary N) is 1. The minimum Gasteiger partial charge on any atom is -0.378 e. The Balaban J connectivity index is 2.78. The Morgan fingerprint density at radius 1 is 1.50 bits per heavy atom. The Hall–Kier alpha value is -1.05. The normalized spacial score (nSPS) is 13.9. The lowest BCUT2D eigenvalue weighted by Gasteiger charge is -2.24. The molecule has 1 atom stereocenters. The molecule has 0 aliphatic heterocycles. The summed E-state index contributed by atoms with van der Waals surface area (Å²) in [5.74, 6) is 0. The van der Waals surface area contributed by atoms with Crippen LogP contribution in [0.3, 0.4) is 0 Å². The van der Waals surface area contributed by atoms with Crippen molar-refractivity contribution >= 4 is 21.6 Å². The van der Waals surface area contributed by atoms with Crippen molar-refractivity contribution in [3.63, 3.8) is 0 Å². The molecule has 4 heteroatoms. The van der Waals surface area contributed by atoms with Gasteiger partial charge in [-0.25, -0.2) is 0 Å². The van der Waals surface area contributed by atoms with Crippen LogP contribution in [0.2, 0.25) is 0 Å². The number of ether oxygens (including phenoxy) is 1. The second-order valence-electron chi connectivity index (χ2n) is 3.69. The van der Waals surface area contributed by atoms with Crippen molar-refractivity contribution in [2.75, 3.05) is 18.5 Å². The van der Waals surface area contributed by atoms with E-state index in [2.05, 4.69) is 27.3 Å². The Labute approximate surface area is 105 Å². The molecule has 0 fully saturated rings. The Bertz CT molecular complexity index is 389. The van der Waals surface area contributed by atoms with Gasteiger partial charge < -0.3 is 10.1 Å². The number of hydrogen-bond donors (Lipinski definition) is 1. The SMILES string of the molecule is CCOCC(C)(C#N)Nc1ccccc1Br. The summed E-state index contributed by atoms with van der Waals surface area (Å²) in [7, 11) is 0. The number of anilines is 1. The zero-order valence-electron chi connectivity index (χ0n) is 9.46. The standard InChI is InChI=1S/C12H15BrN2O/c1-3-16-9-12(2,8-14)15-11-7-5-4-6-10(11)13/h4-7,15H,3,9H2,1-2H3. The number of benzene rings is 1. The lowest BCUT2D eigenvalue weighted by Crippen LogP contribution is -2.38. The van der Waals surface area contributed by atoms with Gasteiger partial charge in [-0.15, -0.1) is 0 Å². The van der Waals surface area contributed by atoms with Crippen molar-refractivity contribution in [2.45, 2.75) is 19.4 Å². The molecule has 1 unspecified atom stereocenters. The molecule has 1 aromatic carbocycles. The monoisotopic (exact) mass is 282 g/mol. The van der Waals surface area contributed by atoms with Gasteiger partial charge in [0, 0.05) is 16.8 Å². The van der Waals surface area contributed by atoms with Gasteiger partial charge in [0.05, 0.1) is 12.7 Å². The smallest absolute Gasteiger partial charge is 0.146 e. The van der Waals surface area contributed by atoms with Gasteiger partial charge in [-0.1, -0.05) is 12.1 Å². The quantitative estimate of drug-likeness (QED) is 0.902. The zero-order valence-corrected chi connectivity index (χ0v) is 11.0. The van der Waals surface area contributed by atoms with Crippen molar-refractivity contribution in [1.29, 1.82) is 5.26 Å². The molecule has 0 saturated carbocycles. The summed E-state index contributed by atoms with van der Waals surface area (Å²) in [4.78, 5) is 0. The molecule has 0 heterocycles. The van der Waals surface area contributed by atoms with Crippen LogP contribution in [0.25, 0.3) is 0 Å². The predicted molar refractivity (Wildman–Crippen MR) is 68.3 cm³/mol. The van der Waals surface area contributed by atoms with E-state index in [1.807, 2.05) is 38.1 Å². The van der Waals surface area contributed by atoms with Crippen molar-refractivity contribution in [2.24, 2.45) is 0 Å². The van der Waals surface area contributed by atoms with E-state index in [1.54, 1.807) is 0 Å². The molecule has 0 bridgehead atoms. The molecule has 1 N–H and O–H groups in total. The first-order chi connectivity index (χ1) is 7.61. The Morgan fingerprint density at radius 2 is 2.19 bits per heavy atom. The fourth-order valence-electron chi connectivity index (χ4n) is 1.26. The predicted octanol–water partition coefficient (Wildman–Crippen LogP) is 3.18. The number of rotatable bonds is 5. The molecule has 16 heavy (non-hydrogen) atoms. The highest BCUT2D eigenvalue weighted by Crippen LogP contribution is 2.24. The first-order valence-corrected chi connectivity index (χ1v) is 5.92. The number of halogens is 1. The van der Waals surface area contributed by atoms with Crippen LogP contribution in [0.5, 0.6) is 0 Å². The van der Waals surface area contributed by atoms with Gasteiger partial charge in [-0.2, -0.15) is 5.26 Å². The summed E-state index contributed by atoms with van der Waals surface area (Å²) in [5, 5.41) is 12.3. The maximum Gasteiger partial charge on any atom is 0.146 e. The van der Waals surface area contributed by atoms with Crippen LogP contribution >= 0.6 is 15.9 Å². The first-order valence-electron chi connectivity index (χ1n) is 5.13.